The number of hydrogen-bond donors (Lipinski definition) is 1. The van der Waals surface area contributed by atoms with Gasteiger partial charge in [0, 0.05) is 36.3 Å². The maximum atomic E-state index is 12.2. The molecule has 1 aromatic heterocycles. The summed E-state index contributed by atoms with van der Waals surface area (Å²) in [6.07, 6.45) is 4.40. The molecular formula is C17H19N3OS. The predicted molar refractivity (Wildman–Crippen MR) is 90.9 cm³/mol. The fourth-order valence-electron chi connectivity index (χ4n) is 2.57. The number of nitrogens with zero attached hydrogens (tertiary/aromatic N) is 2. The molecule has 0 saturated carbocycles. The highest BCUT2D eigenvalue weighted by atomic mass is 32.1. The van der Waals surface area contributed by atoms with E-state index in [0.29, 0.717) is 6.04 Å². The lowest BCUT2D eigenvalue weighted by atomic mass is 10.2. The van der Waals surface area contributed by atoms with Gasteiger partial charge in [0.05, 0.1) is 10.7 Å². The SMILES string of the molecule is Cc1nc(C=CC(=O)N2CCC(Nc3ccccc3)C2)cs1. The second kappa shape index (κ2) is 6.75. The Kier molecular flexibility index (Phi) is 4.53. The topological polar surface area (TPSA) is 45.2 Å². The van der Waals surface area contributed by atoms with Gasteiger partial charge >= 0.3 is 0 Å². The average Bonchev–Trinajstić information content (AvgIpc) is 3.15. The summed E-state index contributed by atoms with van der Waals surface area (Å²) in [6.45, 7) is 3.50. The van der Waals surface area contributed by atoms with Crippen molar-refractivity contribution in [3.8, 4) is 0 Å². The molecule has 1 aliphatic rings. The third-order valence-electron chi connectivity index (χ3n) is 3.68. The van der Waals surface area contributed by atoms with Gasteiger partial charge in [-0.15, -0.1) is 11.3 Å². The van der Waals surface area contributed by atoms with Crippen LogP contribution >= 0.6 is 11.3 Å². The number of likely N-dealkylation sites (tertiary alicyclic amines) is 1. The Morgan fingerprint density at radius 2 is 2.23 bits per heavy atom. The molecular weight excluding hydrogens is 294 g/mol. The molecule has 4 nitrogen and oxygen atoms in total. The number of hydrogen-bond acceptors (Lipinski definition) is 4. The van der Waals surface area contributed by atoms with Crippen molar-refractivity contribution in [1.29, 1.82) is 0 Å². The number of aryl methyl sites for hydroxylation is 1. The summed E-state index contributed by atoms with van der Waals surface area (Å²) in [4.78, 5) is 18.4. The summed E-state index contributed by atoms with van der Waals surface area (Å²) < 4.78 is 0. The predicted octanol–water partition coefficient (Wildman–Crippen LogP) is 3.18. The Morgan fingerprint density at radius 3 is 2.95 bits per heavy atom. The fourth-order valence-corrected chi connectivity index (χ4v) is 3.15. The van der Waals surface area contributed by atoms with Crippen LogP contribution in [0.3, 0.4) is 0 Å². The van der Waals surface area contributed by atoms with Crippen molar-refractivity contribution < 1.29 is 4.79 Å². The third-order valence-corrected chi connectivity index (χ3v) is 4.47. The molecule has 1 aliphatic heterocycles. The quantitative estimate of drug-likeness (QED) is 0.882. The normalized spacial score (nSPS) is 18.0. The monoisotopic (exact) mass is 313 g/mol. The van der Waals surface area contributed by atoms with Gasteiger partial charge in [0.25, 0.3) is 0 Å². The number of benzene rings is 1. The number of carbonyl (C=O) groups excluding carboxylic acids is 1. The molecule has 1 aromatic carbocycles. The van der Waals surface area contributed by atoms with Crippen LogP contribution in [0.2, 0.25) is 0 Å². The van der Waals surface area contributed by atoms with Crippen LogP contribution in [0.15, 0.2) is 41.8 Å². The first-order valence-corrected chi connectivity index (χ1v) is 8.29. The third kappa shape index (κ3) is 3.74. The van der Waals surface area contributed by atoms with Crippen LogP contribution in [-0.2, 0) is 4.79 Å². The first-order valence-electron chi connectivity index (χ1n) is 7.41. The van der Waals surface area contributed by atoms with Gasteiger partial charge in [-0.2, -0.15) is 0 Å². The van der Waals surface area contributed by atoms with Crippen molar-refractivity contribution in [3.05, 3.63) is 52.5 Å². The number of amides is 1. The van der Waals surface area contributed by atoms with Crippen LogP contribution in [0.4, 0.5) is 5.69 Å². The van der Waals surface area contributed by atoms with Crippen molar-refractivity contribution in [2.75, 3.05) is 18.4 Å². The van der Waals surface area contributed by atoms with E-state index in [1.54, 1.807) is 23.5 Å². The molecule has 2 heterocycles. The summed E-state index contributed by atoms with van der Waals surface area (Å²) in [5.41, 5.74) is 1.96. The molecule has 22 heavy (non-hydrogen) atoms. The molecule has 0 aliphatic carbocycles. The van der Waals surface area contributed by atoms with Crippen molar-refractivity contribution in [2.45, 2.75) is 19.4 Å². The zero-order valence-electron chi connectivity index (χ0n) is 12.5. The lowest BCUT2D eigenvalue weighted by molar-refractivity contribution is -0.124. The number of thiazole rings is 1. The molecule has 1 unspecified atom stereocenters. The second-order valence-electron chi connectivity index (χ2n) is 5.40. The van der Waals surface area contributed by atoms with Gasteiger partial charge in [-0.05, 0) is 31.6 Å². The Morgan fingerprint density at radius 1 is 1.41 bits per heavy atom. The van der Waals surface area contributed by atoms with E-state index in [2.05, 4.69) is 22.4 Å². The highest BCUT2D eigenvalue weighted by Gasteiger charge is 2.24. The van der Waals surface area contributed by atoms with E-state index in [-0.39, 0.29) is 5.91 Å². The summed E-state index contributed by atoms with van der Waals surface area (Å²) in [5, 5.41) is 6.45. The second-order valence-corrected chi connectivity index (χ2v) is 6.47. The van der Waals surface area contributed by atoms with Gasteiger partial charge < -0.3 is 10.2 Å². The number of aromatic nitrogens is 1. The molecule has 5 heteroatoms. The smallest absolute Gasteiger partial charge is 0.246 e. The molecule has 0 spiro atoms. The largest absolute Gasteiger partial charge is 0.380 e. The summed E-state index contributed by atoms with van der Waals surface area (Å²) in [5.74, 6) is 0.0583. The number of anilines is 1. The van der Waals surface area contributed by atoms with Gasteiger partial charge in [-0.1, -0.05) is 18.2 Å². The van der Waals surface area contributed by atoms with Gasteiger partial charge in [-0.3, -0.25) is 4.79 Å². The Hall–Kier alpha value is -2.14. The minimum Gasteiger partial charge on any atom is -0.380 e. The average molecular weight is 313 g/mol. The van der Waals surface area contributed by atoms with Gasteiger partial charge in [0.1, 0.15) is 0 Å². The minimum absolute atomic E-state index is 0.0583. The maximum Gasteiger partial charge on any atom is 0.246 e. The lowest BCUT2D eigenvalue weighted by Gasteiger charge is -2.16. The summed E-state index contributed by atoms with van der Waals surface area (Å²) in [6, 6.07) is 10.4. The first-order chi connectivity index (χ1) is 10.7. The molecule has 0 radical (unpaired) electrons. The summed E-state index contributed by atoms with van der Waals surface area (Å²) >= 11 is 1.59. The van der Waals surface area contributed by atoms with Crippen LogP contribution in [0.5, 0.6) is 0 Å². The van der Waals surface area contributed by atoms with E-state index in [1.165, 1.54) is 0 Å². The number of carbonyl (C=O) groups is 1. The van der Waals surface area contributed by atoms with E-state index >= 15 is 0 Å². The standard InChI is InChI=1S/C17H19N3OS/c1-13-18-16(12-22-13)7-8-17(21)20-10-9-15(11-20)19-14-5-3-2-4-6-14/h2-8,12,15,19H,9-11H2,1H3. The van der Waals surface area contributed by atoms with E-state index in [0.717, 1.165) is 35.9 Å². The lowest BCUT2D eigenvalue weighted by Crippen LogP contribution is -2.30. The highest BCUT2D eigenvalue weighted by molar-refractivity contribution is 7.09. The van der Waals surface area contributed by atoms with Crippen LogP contribution in [0.25, 0.3) is 6.08 Å². The van der Waals surface area contributed by atoms with Crippen molar-refractivity contribution in [1.82, 2.24) is 9.88 Å². The minimum atomic E-state index is 0.0583. The van der Waals surface area contributed by atoms with Crippen molar-refractivity contribution in [3.63, 3.8) is 0 Å². The van der Waals surface area contributed by atoms with E-state index in [1.807, 2.05) is 35.4 Å². The Labute approximate surface area is 134 Å². The van der Waals surface area contributed by atoms with Crippen molar-refractivity contribution in [2.24, 2.45) is 0 Å². The van der Waals surface area contributed by atoms with E-state index in [9.17, 15) is 4.79 Å². The number of nitrogens with one attached hydrogen (secondary N) is 1. The molecule has 1 fully saturated rings. The van der Waals surface area contributed by atoms with Crippen LogP contribution in [0.1, 0.15) is 17.1 Å². The number of para-hydroxylation sites is 1. The zero-order chi connectivity index (χ0) is 15.4. The Balaban J connectivity index is 1.53. The molecule has 3 rings (SSSR count). The first kappa shape index (κ1) is 14.8. The van der Waals surface area contributed by atoms with Gasteiger partial charge in [-0.25, -0.2) is 4.98 Å². The van der Waals surface area contributed by atoms with Crippen LogP contribution in [0, 0.1) is 6.92 Å². The molecule has 0 bridgehead atoms. The van der Waals surface area contributed by atoms with Gasteiger partial charge in [0.15, 0.2) is 0 Å². The molecule has 114 valence electrons. The van der Waals surface area contributed by atoms with Crippen LogP contribution in [-0.4, -0.2) is 34.9 Å². The van der Waals surface area contributed by atoms with Gasteiger partial charge in [0.2, 0.25) is 5.91 Å². The van der Waals surface area contributed by atoms with E-state index < -0.39 is 0 Å². The Bertz CT molecular complexity index is 666. The van der Waals surface area contributed by atoms with Crippen molar-refractivity contribution >= 4 is 29.0 Å². The molecule has 1 saturated heterocycles. The molecule has 1 N–H and O–H groups in total. The molecule has 1 atom stereocenters. The van der Waals surface area contributed by atoms with E-state index in [4.69, 9.17) is 0 Å². The number of rotatable bonds is 4. The maximum absolute atomic E-state index is 12.2. The molecule has 2 aromatic rings. The molecule has 1 amide bonds. The fraction of sp³-hybridized carbons (Fsp3) is 0.294. The van der Waals surface area contributed by atoms with Crippen LogP contribution < -0.4 is 5.32 Å². The zero-order valence-corrected chi connectivity index (χ0v) is 13.3. The summed E-state index contributed by atoms with van der Waals surface area (Å²) in [7, 11) is 0. The highest BCUT2D eigenvalue weighted by Crippen LogP contribution is 2.16.